The number of nitrogens with one attached hydrogen (secondary N) is 1. The second-order valence-corrected chi connectivity index (χ2v) is 5.75. The fraction of sp³-hybridized carbons (Fsp3) is 0.846. The van der Waals surface area contributed by atoms with Gasteiger partial charge in [-0.1, -0.05) is 12.8 Å². The van der Waals surface area contributed by atoms with Crippen LogP contribution in [0, 0.1) is 0 Å². The van der Waals surface area contributed by atoms with Crippen molar-refractivity contribution < 1.29 is 19.4 Å². The van der Waals surface area contributed by atoms with Crippen LogP contribution in [0.2, 0.25) is 0 Å². The average molecular weight is 257 g/mol. The van der Waals surface area contributed by atoms with E-state index in [1.54, 1.807) is 7.11 Å². The zero-order valence-corrected chi connectivity index (χ0v) is 11.4. The summed E-state index contributed by atoms with van der Waals surface area (Å²) in [5.41, 5.74) is -1.07. The third-order valence-corrected chi connectivity index (χ3v) is 3.59. The minimum absolute atomic E-state index is 0.00610. The first-order valence-electron chi connectivity index (χ1n) is 6.37. The van der Waals surface area contributed by atoms with Gasteiger partial charge in [0.15, 0.2) is 0 Å². The van der Waals surface area contributed by atoms with Gasteiger partial charge in [0.05, 0.1) is 24.0 Å². The second kappa shape index (κ2) is 5.69. The number of carbonyl (C=O) groups is 2. The maximum atomic E-state index is 12.0. The molecule has 5 heteroatoms. The van der Waals surface area contributed by atoms with Gasteiger partial charge in [0, 0.05) is 7.11 Å². The lowest BCUT2D eigenvalue weighted by atomic mass is 9.92. The van der Waals surface area contributed by atoms with Gasteiger partial charge in [-0.2, -0.15) is 0 Å². The fourth-order valence-corrected chi connectivity index (χ4v) is 2.49. The largest absolute Gasteiger partial charge is 0.481 e. The zero-order chi connectivity index (χ0) is 13.8. The van der Waals surface area contributed by atoms with Crippen molar-refractivity contribution in [3.63, 3.8) is 0 Å². The molecule has 1 saturated carbocycles. The smallest absolute Gasteiger partial charge is 0.305 e. The Morgan fingerprint density at radius 2 is 1.89 bits per heavy atom. The van der Waals surface area contributed by atoms with Crippen molar-refractivity contribution in [1.82, 2.24) is 5.32 Å². The molecule has 1 amide bonds. The second-order valence-electron chi connectivity index (χ2n) is 5.75. The van der Waals surface area contributed by atoms with Gasteiger partial charge in [-0.25, -0.2) is 0 Å². The standard InChI is InChI=1S/C13H23NO4/c1-12(2,18-3)8-10(15)14-13(9-11(16)17)6-4-5-7-13/h4-9H2,1-3H3,(H,14,15)(H,16,17). The molecule has 1 rings (SSSR count). The summed E-state index contributed by atoms with van der Waals surface area (Å²) in [7, 11) is 1.57. The number of aliphatic carboxylic acids is 1. The molecule has 0 spiro atoms. The Kier molecular flexibility index (Phi) is 4.73. The highest BCUT2D eigenvalue weighted by atomic mass is 16.5. The lowest BCUT2D eigenvalue weighted by Gasteiger charge is -2.31. The molecule has 0 aromatic rings. The Hall–Kier alpha value is -1.10. The quantitative estimate of drug-likeness (QED) is 0.759. The summed E-state index contributed by atoms with van der Waals surface area (Å²) in [6.07, 6.45) is 3.69. The molecule has 1 fully saturated rings. The Morgan fingerprint density at radius 3 is 2.33 bits per heavy atom. The van der Waals surface area contributed by atoms with E-state index in [2.05, 4.69) is 5.32 Å². The third-order valence-electron chi connectivity index (χ3n) is 3.59. The lowest BCUT2D eigenvalue weighted by Crippen LogP contribution is -2.49. The molecule has 0 aliphatic heterocycles. The van der Waals surface area contributed by atoms with Crippen LogP contribution < -0.4 is 5.32 Å². The van der Waals surface area contributed by atoms with Crippen molar-refractivity contribution in [1.29, 1.82) is 0 Å². The molecule has 0 heterocycles. The highest BCUT2D eigenvalue weighted by Gasteiger charge is 2.38. The van der Waals surface area contributed by atoms with Gasteiger partial charge in [0.1, 0.15) is 0 Å². The minimum Gasteiger partial charge on any atom is -0.481 e. The van der Waals surface area contributed by atoms with Gasteiger partial charge in [-0.05, 0) is 26.7 Å². The molecular formula is C13H23NO4. The molecule has 0 aromatic heterocycles. The monoisotopic (exact) mass is 257 g/mol. The van der Waals surface area contributed by atoms with E-state index in [0.29, 0.717) is 0 Å². The number of amides is 1. The summed E-state index contributed by atoms with van der Waals surface area (Å²) in [6, 6.07) is 0. The van der Waals surface area contributed by atoms with Crippen LogP contribution in [0.5, 0.6) is 0 Å². The zero-order valence-electron chi connectivity index (χ0n) is 11.4. The van der Waals surface area contributed by atoms with E-state index < -0.39 is 17.1 Å². The summed E-state index contributed by atoms with van der Waals surface area (Å²) >= 11 is 0. The van der Waals surface area contributed by atoms with Crippen LogP contribution in [0.15, 0.2) is 0 Å². The summed E-state index contributed by atoms with van der Waals surface area (Å²) in [4.78, 5) is 22.9. The fourth-order valence-electron chi connectivity index (χ4n) is 2.49. The normalized spacial score (nSPS) is 18.6. The SMILES string of the molecule is COC(C)(C)CC(=O)NC1(CC(=O)O)CCCC1. The van der Waals surface area contributed by atoms with E-state index in [9.17, 15) is 9.59 Å². The van der Waals surface area contributed by atoms with Crippen LogP contribution in [-0.4, -0.2) is 35.2 Å². The van der Waals surface area contributed by atoms with Crippen LogP contribution in [0.25, 0.3) is 0 Å². The number of rotatable bonds is 6. The number of methoxy groups -OCH3 is 1. The van der Waals surface area contributed by atoms with Gasteiger partial charge in [0.2, 0.25) is 5.91 Å². The number of hydrogen-bond acceptors (Lipinski definition) is 3. The topological polar surface area (TPSA) is 75.6 Å². The van der Waals surface area contributed by atoms with Crippen molar-refractivity contribution in [2.45, 2.75) is 63.5 Å². The maximum Gasteiger partial charge on any atom is 0.305 e. The first-order valence-corrected chi connectivity index (χ1v) is 6.37. The van der Waals surface area contributed by atoms with Crippen molar-refractivity contribution in [3.8, 4) is 0 Å². The summed E-state index contributed by atoms with van der Waals surface area (Å²) in [5.74, 6) is -0.992. The molecule has 104 valence electrons. The van der Waals surface area contributed by atoms with E-state index >= 15 is 0 Å². The minimum atomic E-state index is -0.858. The number of carboxylic acids is 1. The van der Waals surface area contributed by atoms with E-state index in [-0.39, 0.29) is 18.7 Å². The van der Waals surface area contributed by atoms with Crippen LogP contribution in [0.1, 0.15) is 52.4 Å². The van der Waals surface area contributed by atoms with E-state index in [1.165, 1.54) is 0 Å². The Labute approximate surface area is 108 Å². The van der Waals surface area contributed by atoms with E-state index in [0.717, 1.165) is 25.7 Å². The molecule has 2 N–H and O–H groups in total. The van der Waals surface area contributed by atoms with Gasteiger partial charge < -0.3 is 15.2 Å². The molecule has 0 radical (unpaired) electrons. The molecule has 0 saturated heterocycles. The van der Waals surface area contributed by atoms with Crippen molar-refractivity contribution >= 4 is 11.9 Å². The van der Waals surface area contributed by atoms with Gasteiger partial charge in [0.25, 0.3) is 0 Å². The Morgan fingerprint density at radius 1 is 1.33 bits per heavy atom. The summed E-state index contributed by atoms with van der Waals surface area (Å²) < 4.78 is 5.21. The van der Waals surface area contributed by atoms with Crippen LogP contribution >= 0.6 is 0 Å². The average Bonchev–Trinajstić information content (AvgIpc) is 2.63. The predicted octanol–water partition coefficient (Wildman–Crippen LogP) is 1.71. The Balaban J connectivity index is 2.61. The van der Waals surface area contributed by atoms with Crippen LogP contribution in [-0.2, 0) is 14.3 Å². The van der Waals surface area contributed by atoms with Crippen molar-refractivity contribution in [2.24, 2.45) is 0 Å². The van der Waals surface area contributed by atoms with Crippen LogP contribution in [0.3, 0.4) is 0 Å². The maximum absolute atomic E-state index is 12.0. The van der Waals surface area contributed by atoms with E-state index in [1.807, 2.05) is 13.8 Å². The third kappa shape index (κ3) is 4.29. The molecule has 1 aliphatic carbocycles. The number of ether oxygens (including phenoxy) is 1. The molecular weight excluding hydrogens is 234 g/mol. The molecule has 18 heavy (non-hydrogen) atoms. The first kappa shape index (κ1) is 15.0. The van der Waals surface area contributed by atoms with Gasteiger partial charge in [-0.15, -0.1) is 0 Å². The first-order chi connectivity index (χ1) is 8.29. The molecule has 0 bridgehead atoms. The van der Waals surface area contributed by atoms with Crippen molar-refractivity contribution in [3.05, 3.63) is 0 Å². The van der Waals surface area contributed by atoms with E-state index in [4.69, 9.17) is 9.84 Å². The molecule has 0 atom stereocenters. The highest BCUT2D eigenvalue weighted by molar-refractivity contribution is 5.79. The van der Waals surface area contributed by atoms with Gasteiger partial charge >= 0.3 is 5.97 Å². The van der Waals surface area contributed by atoms with Crippen LogP contribution in [0.4, 0.5) is 0 Å². The molecule has 5 nitrogen and oxygen atoms in total. The number of hydrogen-bond donors (Lipinski definition) is 2. The number of carbonyl (C=O) groups excluding carboxylic acids is 1. The van der Waals surface area contributed by atoms with Gasteiger partial charge in [-0.3, -0.25) is 9.59 Å². The molecule has 1 aliphatic rings. The summed E-state index contributed by atoms with van der Waals surface area (Å²) in [6.45, 7) is 3.68. The highest BCUT2D eigenvalue weighted by Crippen LogP contribution is 2.33. The van der Waals surface area contributed by atoms with Crippen molar-refractivity contribution in [2.75, 3.05) is 7.11 Å². The lowest BCUT2D eigenvalue weighted by molar-refractivity contribution is -0.139. The Bertz CT molecular complexity index is 319. The molecule has 0 aromatic carbocycles. The molecule has 0 unspecified atom stereocenters. The predicted molar refractivity (Wildman–Crippen MR) is 67.3 cm³/mol. The number of carboxylic acid groups (broad SMARTS) is 1. The summed E-state index contributed by atoms with van der Waals surface area (Å²) in [5, 5.41) is 11.9.